The molecule has 4 nitrogen and oxygen atoms in total. The Morgan fingerprint density at radius 3 is 1.13 bits per heavy atom. The molecule has 0 saturated carbocycles. The lowest BCUT2D eigenvalue weighted by Gasteiger charge is -2.05. The predicted molar refractivity (Wildman–Crippen MR) is 91.2 cm³/mol. The fourth-order valence-corrected chi connectivity index (χ4v) is 2.85. The lowest BCUT2D eigenvalue weighted by atomic mass is 10.1. The Hall–Kier alpha value is -1.06. The molecule has 0 atom stereocenters. The van der Waals surface area contributed by atoms with Gasteiger partial charge in [0.25, 0.3) is 0 Å². The molecule has 0 aromatic rings. The molecule has 134 valence electrons. The van der Waals surface area contributed by atoms with E-state index in [1.54, 1.807) is 0 Å². The van der Waals surface area contributed by atoms with Crippen LogP contribution in [0.4, 0.5) is 0 Å². The molecule has 0 aliphatic carbocycles. The Morgan fingerprint density at radius 1 is 0.435 bits per heavy atom. The molecule has 1 aliphatic rings. The van der Waals surface area contributed by atoms with Crippen LogP contribution in [0, 0.1) is 0 Å². The van der Waals surface area contributed by atoms with E-state index in [-0.39, 0.29) is 11.9 Å². The number of cyclic esters (lactones) is 2. The highest BCUT2D eigenvalue weighted by Gasteiger charge is 2.05. The van der Waals surface area contributed by atoms with Gasteiger partial charge in [0, 0.05) is 12.8 Å². The lowest BCUT2D eigenvalue weighted by Crippen LogP contribution is -2.07. The number of carbonyl (C=O) groups excluding carboxylic acids is 2. The fraction of sp³-hybridized carbons (Fsp3) is 0.895. The number of hydrogen-bond donors (Lipinski definition) is 0. The zero-order valence-electron chi connectivity index (χ0n) is 14.7. The number of carbonyl (C=O) groups is 2. The van der Waals surface area contributed by atoms with Crippen molar-refractivity contribution in [3.63, 3.8) is 0 Å². The van der Waals surface area contributed by atoms with Crippen molar-refractivity contribution in [1.82, 2.24) is 0 Å². The van der Waals surface area contributed by atoms with Crippen LogP contribution in [-0.4, -0.2) is 25.2 Å². The highest BCUT2D eigenvalue weighted by Crippen LogP contribution is 2.12. The predicted octanol–water partition coefficient (Wildman–Crippen LogP) is 4.94. The van der Waals surface area contributed by atoms with Crippen LogP contribution in [0.2, 0.25) is 0 Å². The normalized spacial score (nSPS) is 22.4. The van der Waals surface area contributed by atoms with Gasteiger partial charge in [0.15, 0.2) is 0 Å². The van der Waals surface area contributed by atoms with Crippen LogP contribution >= 0.6 is 0 Å². The first-order valence-electron chi connectivity index (χ1n) is 9.60. The molecule has 23 heavy (non-hydrogen) atoms. The van der Waals surface area contributed by atoms with Gasteiger partial charge in [-0.05, 0) is 25.7 Å². The van der Waals surface area contributed by atoms with Crippen LogP contribution in [-0.2, 0) is 19.1 Å². The van der Waals surface area contributed by atoms with Crippen LogP contribution in [0.1, 0.15) is 96.3 Å². The number of ether oxygens (including phenoxy) is 2. The van der Waals surface area contributed by atoms with E-state index in [9.17, 15) is 9.59 Å². The molecule has 1 rings (SSSR count). The summed E-state index contributed by atoms with van der Waals surface area (Å²) in [7, 11) is 0. The van der Waals surface area contributed by atoms with E-state index in [2.05, 4.69) is 0 Å². The van der Waals surface area contributed by atoms with Gasteiger partial charge >= 0.3 is 11.9 Å². The maximum atomic E-state index is 11.5. The first-order valence-corrected chi connectivity index (χ1v) is 9.60. The molecule has 0 amide bonds. The third-order valence-corrected chi connectivity index (χ3v) is 4.33. The monoisotopic (exact) mass is 326 g/mol. The fourth-order valence-electron chi connectivity index (χ4n) is 2.85. The van der Waals surface area contributed by atoms with Gasteiger partial charge in [-0.15, -0.1) is 0 Å². The van der Waals surface area contributed by atoms with Crippen molar-refractivity contribution < 1.29 is 19.1 Å². The average molecular weight is 326 g/mol. The van der Waals surface area contributed by atoms with Gasteiger partial charge in [0.05, 0.1) is 13.2 Å². The van der Waals surface area contributed by atoms with Crippen LogP contribution < -0.4 is 0 Å². The molecule has 0 aromatic heterocycles. The highest BCUT2D eigenvalue weighted by molar-refractivity contribution is 5.69. The van der Waals surface area contributed by atoms with E-state index < -0.39 is 0 Å². The molecule has 0 radical (unpaired) electrons. The third-order valence-electron chi connectivity index (χ3n) is 4.33. The first-order chi connectivity index (χ1) is 11.3. The van der Waals surface area contributed by atoms with E-state index in [4.69, 9.17) is 9.47 Å². The Kier molecular flexibility index (Phi) is 12.6. The smallest absolute Gasteiger partial charge is 0.305 e. The Balaban J connectivity index is 2.18. The van der Waals surface area contributed by atoms with Crippen LogP contribution in [0.15, 0.2) is 0 Å². The number of hydrogen-bond acceptors (Lipinski definition) is 4. The summed E-state index contributed by atoms with van der Waals surface area (Å²) < 4.78 is 10.5. The summed E-state index contributed by atoms with van der Waals surface area (Å²) >= 11 is 0. The second kappa shape index (κ2) is 14.5. The molecule has 0 N–H and O–H groups in total. The van der Waals surface area contributed by atoms with Crippen LogP contribution in [0.5, 0.6) is 0 Å². The second-order valence-corrected chi connectivity index (χ2v) is 6.54. The molecule has 0 bridgehead atoms. The Bertz CT molecular complexity index is 284. The summed E-state index contributed by atoms with van der Waals surface area (Å²) in [5.41, 5.74) is 0. The quantitative estimate of drug-likeness (QED) is 0.592. The van der Waals surface area contributed by atoms with Gasteiger partial charge in [-0.1, -0.05) is 57.8 Å². The van der Waals surface area contributed by atoms with Crippen molar-refractivity contribution in [1.29, 1.82) is 0 Å². The molecule has 1 saturated heterocycles. The van der Waals surface area contributed by atoms with Crippen molar-refractivity contribution in [2.75, 3.05) is 13.2 Å². The minimum Gasteiger partial charge on any atom is -0.466 e. The maximum absolute atomic E-state index is 11.5. The minimum absolute atomic E-state index is 0.0986. The summed E-state index contributed by atoms with van der Waals surface area (Å²) in [5.74, 6) is -0.197. The molecule has 0 unspecified atom stereocenters. The molecule has 4 heteroatoms. The van der Waals surface area contributed by atoms with Crippen molar-refractivity contribution in [3.05, 3.63) is 0 Å². The molecule has 1 heterocycles. The topological polar surface area (TPSA) is 52.6 Å². The summed E-state index contributed by atoms with van der Waals surface area (Å²) in [6.07, 6.45) is 15.4. The second-order valence-electron chi connectivity index (χ2n) is 6.54. The highest BCUT2D eigenvalue weighted by atomic mass is 16.5. The van der Waals surface area contributed by atoms with E-state index in [1.807, 2.05) is 0 Å². The SMILES string of the molecule is O=C1CCCCCC(=O)OCCCCCCCCCCCCO1. The van der Waals surface area contributed by atoms with Gasteiger partial charge in [0.2, 0.25) is 0 Å². The Morgan fingerprint density at radius 2 is 0.739 bits per heavy atom. The van der Waals surface area contributed by atoms with Crippen LogP contribution in [0.3, 0.4) is 0 Å². The molecular formula is C19H34O4. The van der Waals surface area contributed by atoms with Crippen molar-refractivity contribution in [2.24, 2.45) is 0 Å². The summed E-state index contributed by atoms with van der Waals surface area (Å²) in [5, 5.41) is 0. The molecular weight excluding hydrogens is 292 g/mol. The molecule has 1 aliphatic heterocycles. The standard InChI is InChI=1S/C19H34O4/c20-18-14-10-9-11-15-19(21)23-17-13-8-6-4-2-1-3-5-7-12-16-22-18/h1-17H2. The van der Waals surface area contributed by atoms with E-state index in [0.717, 1.165) is 44.9 Å². The van der Waals surface area contributed by atoms with Gasteiger partial charge in [-0.25, -0.2) is 0 Å². The van der Waals surface area contributed by atoms with Crippen molar-refractivity contribution in [2.45, 2.75) is 96.3 Å². The van der Waals surface area contributed by atoms with Gasteiger partial charge in [-0.2, -0.15) is 0 Å². The largest absolute Gasteiger partial charge is 0.466 e. The zero-order valence-corrected chi connectivity index (χ0v) is 14.7. The molecule has 0 spiro atoms. The zero-order chi connectivity index (χ0) is 16.6. The molecule has 0 aromatic carbocycles. The van der Waals surface area contributed by atoms with E-state index in [1.165, 1.54) is 38.5 Å². The first kappa shape index (κ1) is 20.0. The number of rotatable bonds is 0. The van der Waals surface area contributed by atoms with Gasteiger partial charge < -0.3 is 9.47 Å². The lowest BCUT2D eigenvalue weighted by molar-refractivity contribution is -0.144. The summed E-state index contributed by atoms with van der Waals surface area (Å²) in [6, 6.07) is 0. The maximum Gasteiger partial charge on any atom is 0.305 e. The summed E-state index contributed by atoms with van der Waals surface area (Å²) in [4.78, 5) is 23.1. The van der Waals surface area contributed by atoms with Crippen molar-refractivity contribution >= 4 is 11.9 Å². The minimum atomic E-state index is -0.0986. The average Bonchev–Trinajstić information content (AvgIpc) is 2.54. The van der Waals surface area contributed by atoms with E-state index >= 15 is 0 Å². The Labute approximate surface area is 141 Å². The van der Waals surface area contributed by atoms with Gasteiger partial charge in [0.1, 0.15) is 0 Å². The van der Waals surface area contributed by atoms with E-state index in [0.29, 0.717) is 26.1 Å². The van der Waals surface area contributed by atoms with Crippen molar-refractivity contribution in [3.8, 4) is 0 Å². The number of esters is 2. The summed E-state index contributed by atoms with van der Waals surface area (Å²) in [6.45, 7) is 1.12. The van der Waals surface area contributed by atoms with Crippen LogP contribution in [0.25, 0.3) is 0 Å². The third kappa shape index (κ3) is 13.1. The van der Waals surface area contributed by atoms with Gasteiger partial charge in [-0.3, -0.25) is 9.59 Å². The molecule has 1 fully saturated rings.